The monoisotopic (exact) mass is 485 g/mol. The summed E-state index contributed by atoms with van der Waals surface area (Å²) in [7, 11) is 1.63. The first-order chi connectivity index (χ1) is 14.3. The third kappa shape index (κ3) is 3.59. The predicted molar refractivity (Wildman–Crippen MR) is 127 cm³/mol. The van der Waals surface area contributed by atoms with Crippen LogP contribution in [0.4, 0.5) is 4.39 Å². The fourth-order valence-electron chi connectivity index (χ4n) is 4.24. The van der Waals surface area contributed by atoms with Gasteiger partial charge in [0.15, 0.2) is 0 Å². The number of ether oxygens (including phenoxy) is 1. The van der Waals surface area contributed by atoms with Crippen LogP contribution in [-0.2, 0) is 0 Å². The summed E-state index contributed by atoms with van der Waals surface area (Å²) in [5.41, 5.74) is 8.53. The first kappa shape index (κ1) is 21.1. The molecule has 0 aliphatic heterocycles. The molecule has 0 aliphatic carbocycles. The van der Waals surface area contributed by atoms with Crippen molar-refractivity contribution in [2.75, 3.05) is 7.11 Å². The van der Waals surface area contributed by atoms with Crippen molar-refractivity contribution in [3.8, 4) is 16.9 Å². The number of aromatic nitrogens is 1. The zero-order valence-electron chi connectivity index (χ0n) is 17.8. The SMILES string of the molecule is COc1cc(C)c2[nH]c(=O)c3sccc3c2c1-c1ccc([C@H](C)C[As](C)C)c(F)c1. The fourth-order valence-corrected chi connectivity index (χ4v) is 7.75. The van der Waals surface area contributed by atoms with Crippen molar-refractivity contribution in [1.29, 1.82) is 0 Å². The Bertz CT molecular complexity index is 1310. The summed E-state index contributed by atoms with van der Waals surface area (Å²) in [6.45, 7) is 4.05. The summed E-state index contributed by atoms with van der Waals surface area (Å²) in [6.07, 6.45) is 0. The number of aryl methyl sites for hydroxylation is 1. The van der Waals surface area contributed by atoms with Crippen LogP contribution >= 0.6 is 11.3 Å². The molecule has 0 saturated heterocycles. The maximum atomic E-state index is 15.2. The number of hydrogen-bond acceptors (Lipinski definition) is 3. The van der Waals surface area contributed by atoms with Crippen molar-refractivity contribution < 1.29 is 9.13 Å². The van der Waals surface area contributed by atoms with E-state index in [1.165, 1.54) is 11.3 Å². The van der Waals surface area contributed by atoms with Crippen molar-refractivity contribution in [1.82, 2.24) is 4.98 Å². The Hall–Kier alpha value is -2.10. The standard InChI is InChI=1S/C24H25AsFNO2S/c1-13-10-19(29-5)20(21-17-8-9-30-23(17)24(28)27-22(13)21)15-6-7-16(18(26)11-15)14(2)12-25(3)4/h6-11,14H,12H2,1-5H3,(H,27,28)/t14-/m1/s1. The van der Waals surface area contributed by atoms with Gasteiger partial charge in [-0.15, -0.1) is 0 Å². The average molecular weight is 485 g/mol. The van der Waals surface area contributed by atoms with Gasteiger partial charge in [0.2, 0.25) is 0 Å². The van der Waals surface area contributed by atoms with Gasteiger partial charge in [-0.05, 0) is 0 Å². The summed E-state index contributed by atoms with van der Waals surface area (Å²) < 4.78 is 21.6. The Balaban J connectivity index is 2.01. The molecule has 0 bridgehead atoms. The molecule has 0 unspecified atom stereocenters. The van der Waals surface area contributed by atoms with Crippen LogP contribution < -0.4 is 10.3 Å². The Morgan fingerprint density at radius 1 is 1.23 bits per heavy atom. The van der Waals surface area contributed by atoms with Gasteiger partial charge < -0.3 is 0 Å². The molecule has 4 aromatic rings. The van der Waals surface area contributed by atoms with Crippen molar-refractivity contribution in [2.45, 2.75) is 36.4 Å². The van der Waals surface area contributed by atoms with E-state index in [9.17, 15) is 4.79 Å². The molecule has 3 nitrogen and oxygen atoms in total. The summed E-state index contributed by atoms with van der Waals surface area (Å²) in [5, 5.41) is 4.77. The molecule has 2 aromatic carbocycles. The molecule has 0 amide bonds. The van der Waals surface area contributed by atoms with Gasteiger partial charge in [0.05, 0.1) is 0 Å². The van der Waals surface area contributed by atoms with Crippen LogP contribution in [0, 0.1) is 12.7 Å². The van der Waals surface area contributed by atoms with Crippen molar-refractivity contribution in [3.05, 3.63) is 63.0 Å². The summed E-state index contributed by atoms with van der Waals surface area (Å²) in [5.74, 6) is 0.706. The number of thiophene rings is 1. The number of rotatable bonds is 5. The molecule has 0 radical (unpaired) electrons. The number of hydrogen-bond donors (Lipinski definition) is 1. The molecule has 0 saturated carbocycles. The van der Waals surface area contributed by atoms with Gasteiger partial charge in [-0.25, -0.2) is 0 Å². The molecule has 2 aromatic heterocycles. The third-order valence-electron chi connectivity index (χ3n) is 5.55. The minimum absolute atomic E-state index is 0.0971. The molecule has 1 N–H and O–H groups in total. The molecule has 156 valence electrons. The van der Waals surface area contributed by atoms with Gasteiger partial charge >= 0.3 is 184 Å². The maximum absolute atomic E-state index is 15.2. The molecule has 4 rings (SSSR count). The first-order valence-corrected chi connectivity index (χ1v) is 15.8. The molecule has 0 spiro atoms. The molecule has 0 fully saturated rings. The number of nitrogens with one attached hydrogen (secondary N) is 1. The summed E-state index contributed by atoms with van der Waals surface area (Å²) >= 11 is 0.560. The van der Waals surface area contributed by atoms with E-state index in [0.717, 1.165) is 43.8 Å². The van der Waals surface area contributed by atoms with Crippen LogP contribution in [0.5, 0.6) is 5.75 Å². The van der Waals surface area contributed by atoms with Crippen LogP contribution in [0.1, 0.15) is 24.0 Å². The number of halogens is 1. The molecular formula is C24H25AsFNO2S. The van der Waals surface area contributed by atoms with E-state index in [2.05, 4.69) is 23.3 Å². The molecule has 0 aliphatic rings. The van der Waals surface area contributed by atoms with E-state index in [1.54, 1.807) is 13.2 Å². The second-order valence-corrected chi connectivity index (χ2v) is 14.3. The summed E-state index contributed by atoms with van der Waals surface area (Å²) in [6, 6.07) is 9.37. The van der Waals surface area contributed by atoms with E-state index in [0.29, 0.717) is 10.4 Å². The topological polar surface area (TPSA) is 42.1 Å². The van der Waals surface area contributed by atoms with E-state index < -0.39 is 14.7 Å². The summed E-state index contributed by atoms with van der Waals surface area (Å²) in [4.78, 5) is 15.6. The average Bonchev–Trinajstić information content (AvgIpc) is 3.18. The van der Waals surface area contributed by atoms with E-state index in [1.807, 2.05) is 36.6 Å². The number of pyridine rings is 1. The Morgan fingerprint density at radius 3 is 2.67 bits per heavy atom. The number of benzene rings is 2. The van der Waals surface area contributed by atoms with Gasteiger partial charge in [0.1, 0.15) is 0 Å². The van der Waals surface area contributed by atoms with Crippen molar-refractivity contribution >= 4 is 47.0 Å². The van der Waals surface area contributed by atoms with Crippen molar-refractivity contribution in [2.24, 2.45) is 0 Å². The normalized spacial score (nSPS) is 12.8. The van der Waals surface area contributed by atoms with Crippen LogP contribution in [0.25, 0.3) is 32.1 Å². The van der Waals surface area contributed by atoms with Gasteiger partial charge in [-0.2, -0.15) is 0 Å². The van der Waals surface area contributed by atoms with Crippen LogP contribution in [0.2, 0.25) is 16.6 Å². The number of H-pyrrole nitrogens is 1. The quantitative estimate of drug-likeness (QED) is 0.319. The van der Waals surface area contributed by atoms with E-state index >= 15 is 4.39 Å². The van der Waals surface area contributed by atoms with Gasteiger partial charge in [-0.1, -0.05) is 0 Å². The fraction of sp³-hybridized carbons (Fsp3) is 0.292. The predicted octanol–water partition coefficient (Wildman–Crippen LogP) is 6.72. The van der Waals surface area contributed by atoms with Gasteiger partial charge in [-0.3, -0.25) is 0 Å². The van der Waals surface area contributed by atoms with Gasteiger partial charge in [0.25, 0.3) is 0 Å². The second-order valence-electron chi connectivity index (χ2n) is 8.04. The molecular weight excluding hydrogens is 460 g/mol. The van der Waals surface area contributed by atoms with E-state index in [4.69, 9.17) is 4.74 Å². The molecule has 30 heavy (non-hydrogen) atoms. The number of aromatic amines is 1. The van der Waals surface area contributed by atoms with Gasteiger partial charge in [0, 0.05) is 0 Å². The Kier molecular flexibility index (Phi) is 5.78. The third-order valence-corrected chi connectivity index (χ3v) is 9.14. The zero-order chi connectivity index (χ0) is 21.6. The van der Waals surface area contributed by atoms with Crippen LogP contribution in [-0.4, -0.2) is 26.7 Å². The second kappa shape index (κ2) is 8.20. The van der Waals surface area contributed by atoms with Crippen molar-refractivity contribution in [3.63, 3.8) is 0 Å². The first-order valence-electron chi connectivity index (χ1n) is 9.87. The van der Waals surface area contributed by atoms with Crippen LogP contribution in [0.3, 0.4) is 0 Å². The molecule has 2 heterocycles. The minimum atomic E-state index is -0.853. The Morgan fingerprint density at radius 2 is 2.00 bits per heavy atom. The Labute approximate surface area is 184 Å². The van der Waals surface area contributed by atoms with Crippen LogP contribution in [0.15, 0.2) is 40.5 Å². The number of fused-ring (bicyclic) bond motifs is 3. The molecule has 1 atom stereocenters. The zero-order valence-corrected chi connectivity index (χ0v) is 20.5. The number of methoxy groups -OCH3 is 1. The van der Waals surface area contributed by atoms with E-state index in [-0.39, 0.29) is 17.3 Å². The molecule has 6 heteroatoms.